The second kappa shape index (κ2) is 6.76. The molecule has 0 aliphatic rings. The second-order valence-electron chi connectivity index (χ2n) is 5.83. The van der Waals surface area contributed by atoms with E-state index < -0.39 is 17.4 Å². The molecule has 0 saturated carbocycles. The van der Waals surface area contributed by atoms with Gasteiger partial charge in [-0.25, -0.2) is 9.18 Å². The zero-order valence-corrected chi connectivity index (χ0v) is 13.8. The van der Waals surface area contributed by atoms with Gasteiger partial charge in [-0.1, -0.05) is 35.1 Å². The van der Waals surface area contributed by atoms with Gasteiger partial charge < -0.3 is 4.52 Å². The van der Waals surface area contributed by atoms with Gasteiger partial charge in [-0.3, -0.25) is 9.69 Å². The van der Waals surface area contributed by atoms with E-state index >= 15 is 0 Å². The molecule has 3 rings (SSSR count). The Kier molecular flexibility index (Phi) is 4.52. The number of rotatable bonds is 3. The Morgan fingerprint density at radius 1 is 1.08 bits per heavy atom. The van der Waals surface area contributed by atoms with Gasteiger partial charge in [0.15, 0.2) is 0 Å². The van der Waals surface area contributed by atoms with Crippen molar-refractivity contribution in [2.24, 2.45) is 0 Å². The number of hydrogen-bond donors (Lipinski definition) is 0. The minimum absolute atomic E-state index is 0.255. The van der Waals surface area contributed by atoms with Gasteiger partial charge in [0.25, 0.3) is 5.56 Å². The Bertz CT molecular complexity index is 927. The molecule has 0 radical (unpaired) electrons. The van der Waals surface area contributed by atoms with Crippen molar-refractivity contribution in [2.75, 3.05) is 4.90 Å². The normalized spacial score (nSPS) is 10.9. The van der Waals surface area contributed by atoms with E-state index in [2.05, 4.69) is 0 Å². The van der Waals surface area contributed by atoms with Gasteiger partial charge in [-0.15, -0.1) is 0 Å². The topological polar surface area (TPSA) is 55.5 Å². The maximum atomic E-state index is 13.2. The summed E-state index contributed by atoms with van der Waals surface area (Å²) in [6.07, 6.45) is 1.26. The summed E-state index contributed by atoms with van der Waals surface area (Å²) in [5, 5.41) is 0. The van der Waals surface area contributed by atoms with Crippen molar-refractivity contribution < 1.29 is 13.7 Å². The Labute approximate surface area is 143 Å². The highest BCUT2D eigenvalue weighted by atomic mass is 19.1. The zero-order chi connectivity index (χ0) is 18.0. The molecule has 0 spiro atoms. The third-order valence-electron chi connectivity index (χ3n) is 3.78. The number of nitrogens with zero attached hydrogens (tertiary/aromatic N) is 2. The van der Waals surface area contributed by atoms with Crippen molar-refractivity contribution in [3.63, 3.8) is 0 Å². The van der Waals surface area contributed by atoms with Crippen LogP contribution in [0.5, 0.6) is 0 Å². The highest BCUT2D eigenvalue weighted by molar-refractivity contribution is 5.93. The molecule has 5 nitrogen and oxygen atoms in total. The Hall–Kier alpha value is -3.15. The zero-order valence-electron chi connectivity index (χ0n) is 13.8. The number of halogens is 1. The summed E-state index contributed by atoms with van der Waals surface area (Å²) in [4.78, 5) is 26.8. The molecule has 0 atom stereocenters. The van der Waals surface area contributed by atoms with Crippen molar-refractivity contribution >= 4 is 11.7 Å². The first-order valence-corrected chi connectivity index (χ1v) is 7.84. The molecule has 1 amide bonds. The molecule has 1 heterocycles. The fraction of sp³-hybridized carbons (Fsp3) is 0.158. The van der Waals surface area contributed by atoms with Gasteiger partial charge in [0.2, 0.25) is 0 Å². The molecule has 0 unspecified atom stereocenters. The van der Waals surface area contributed by atoms with Gasteiger partial charge in [-0.05, 0) is 43.7 Å². The number of hydrogen-bond acceptors (Lipinski definition) is 3. The fourth-order valence-electron chi connectivity index (χ4n) is 2.58. The molecule has 2 aromatic carbocycles. The smallest absolute Gasteiger partial charge is 0.365 e. The number of amides is 1. The lowest BCUT2D eigenvalue weighted by Gasteiger charge is -2.25. The summed E-state index contributed by atoms with van der Waals surface area (Å²) in [6.45, 7) is 3.60. The van der Waals surface area contributed by atoms with Crippen molar-refractivity contribution in [3.05, 3.63) is 77.0 Å². The quantitative estimate of drug-likeness (QED) is 0.720. The van der Waals surface area contributed by atoms with Crippen molar-refractivity contribution in [1.29, 1.82) is 0 Å². The molecule has 0 N–H and O–H groups in total. The fourth-order valence-corrected chi connectivity index (χ4v) is 2.58. The van der Waals surface area contributed by atoms with Crippen LogP contribution in [-0.2, 0) is 0 Å². The van der Waals surface area contributed by atoms with Gasteiger partial charge in [0, 0.05) is 11.7 Å². The maximum absolute atomic E-state index is 13.2. The molecule has 0 aliphatic heterocycles. The van der Waals surface area contributed by atoms with E-state index in [1.165, 1.54) is 35.4 Å². The molecule has 3 aromatic rings. The van der Waals surface area contributed by atoms with Gasteiger partial charge in [-0.2, -0.15) is 0 Å². The Balaban J connectivity index is 2.00. The van der Waals surface area contributed by atoms with E-state index in [1.54, 1.807) is 38.1 Å². The molecule has 25 heavy (non-hydrogen) atoms. The van der Waals surface area contributed by atoms with Crippen LogP contribution < -0.4 is 10.5 Å². The van der Waals surface area contributed by atoms with E-state index in [0.717, 1.165) is 0 Å². The molecule has 1 aromatic heterocycles. The minimum Gasteiger partial charge on any atom is -0.374 e. The number of carbonyl (C=O) groups is 1. The van der Waals surface area contributed by atoms with Crippen molar-refractivity contribution in [1.82, 2.24) is 4.74 Å². The lowest BCUT2D eigenvalue weighted by Crippen LogP contribution is -2.43. The largest absolute Gasteiger partial charge is 0.374 e. The van der Waals surface area contributed by atoms with E-state index in [9.17, 15) is 14.0 Å². The summed E-state index contributed by atoms with van der Waals surface area (Å²) < 4.78 is 19.1. The van der Waals surface area contributed by atoms with Crippen LogP contribution in [0.4, 0.5) is 14.9 Å². The number of benzene rings is 2. The third kappa shape index (κ3) is 3.24. The summed E-state index contributed by atoms with van der Waals surface area (Å²) in [6, 6.07) is 13.6. The second-order valence-corrected chi connectivity index (χ2v) is 5.83. The monoisotopic (exact) mass is 340 g/mol. The van der Waals surface area contributed by atoms with Crippen molar-refractivity contribution in [3.8, 4) is 11.1 Å². The van der Waals surface area contributed by atoms with Crippen LogP contribution in [0.25, 0.3) is 11.1 Å². The van der Waals surface area contributed by atoms with Crippen molar-refractivity contribution in [2.45, 2.75) is 19.9 Å². The van der Waals surface area contributed by atoms with Crippen LogP contribution in [0.3, 0.4) is 0 Å². The predicted molar refractivity (Wildman–Crippen MR) is 93.2 cm³/mol. The number of anilines is 1. The van der Waals surface area contributed by atoms with Gasteiger partial charge >= 0.3 is 6.03 Å². The highest BCUT2D eigenvalue weighted by Gasteiger charge is 2.25. The molecule has 6 heteroatoms. The maximum Gasteiger partial charge on any atom is 0.365 e. The molecule has 0 saturated heterocycles. The van der Waals surface area contributed by atoms with Gasteiger partial charge in [0.1, 0.15) is 12.1 Å². The molecule has 0 fully saturated rings. The average molecular weight is 340 g/mol. The SMILES string of the molecule is CC(C)N(C(=O)n1occ(-c2ccccc2)c1=O)c1ccc(F)cc1. The third-order valence-corrected chi connectivity index (χ3v) is 3.78. The van der Waals surface area contributed by atoms with Crippen LogP contribution >= 0.6 is 0 Å². The predicted octanol–water partition coefficient (Wildman–Crippen LogP) is 4.13. The first-order chi connectivity index (χ1) is 12.0. The molecule has 128 valence electrons. The van der Waals surface area contributed by atoms with E-state index in [0.29, 0.717) is 21.6 Å². The Morgan fingerprint density at radius 3 is 2.32 bits per heavy atom. The van der Waals surface area contributed by atoms with Crippen LogP contribution in [0.15, 0.2) is 70.2 Å². The standard InChI is InChI=1S/C19H17FN2O3/c1-13(2)21(16-10-8-15(20)9-11-16)19(24)22-18(23)17(12-25-22)14-6-4-3-5-7-14/h3-13H,1-2H3. The van der Waals surface area contributed by atoms with Crippen LogP contribution in [0.2, 0.25) is 0 Å². The number of aromatic nitrogens is 1. The number of carbonyl (C=O) groups excluding carboxylic acids is 1. The molecular weight excluding hydrogens is 323 g/mol. The first kappa shape index (κ1) is 16.7. The molecular formula is C19H17FN2O3. The first-order valence-electron chi connectivity index (χ1n) is 7.84. The lowest BCUT2D eigenvalue weighted by atomic mass is 10.1. The van der Waals surface area contributed by atoms with E-state index in [4.69, 9.17) is 4.52 Å². The summed E-state index contributed by atoms with van der Waals surface area (Å²) in [7, 11) is 0. The van der Waals surface area contributed by atoms with E-state index in [-0.39, 0.29) is 6.04 Å². The van der Waals surface area contributed by atoms with Crippen LogP contribution in [-0.4, -0.2) is 16.8 Å². The molecule has 0 bridgehead atoms. The van der Waals surface area contributed by atoms with Crippen LogP contribution in [0, 0.1) is 5.82 Å². The van der Waals surface area contributed by atoms with E-state index in [1.807, 2.05) is 6.07 Å². The lowest BCUT2D eigenvalue weighted by molar-refractivity contribution is 0.213. The molecule has 0 aliphatic carbocycles. The average Bonchev–Trinajstić information content (AvgIpc) is 2.99. The highest BCUT2D eigenvalue weighted by Crippen LogP contribution is 2.20. The summed E-state index contributed by atoms with van der Waals surface area (Å²) in [5.41, 5.74) is 0.910. The Morgan fingerprint density at radius 2 is 1.72 bits per heavy atom. The minimum atomic E-state index is -0.631. The van der Waals surface area contributed by atoms with Crippen LogP contribution in [0.1, 0.15) is 13.8 Å². The van der Waals surface area contributed by atoms with Gasteiger partial charge in [0.05, 0.1) is 5.56 Å². The summed E-state index contributed by atoms with van der Waals surface area (Å²) >= 11 is 0. The summed E-state index contributed by atoms with van der Waals surface area (Å²) in [5.74, 6) is -0.401.